The lowest BCUT2D eigenvalue weighted by atomic mass is 9.50. The first-order chi connectivity index (χ1) is 12.9. The predicted molar refractivity (Wildman–Crippen MR) is 118 cm³/mol. The molecule has 2 fully saturated rings. The van der Waals surface area contributed by atoms with Crippen LogP contribution in [0.1, 0.15) is 118 Å². The van der Waals surface area contributed by atoms with Gasteiger partial charge in [0, 0.05) is 0 Å². The molecule has 4 aliphatic carbocycles. The second kappa shape index (κ2) is 7.53. The highest BCUT2D eigenvalue weighted by Gasteiger charge is 2.55. The molecule has 0 spiro atoms. The topological polar surface area (TPSA) is 0 Å². The maximum absolute atomic E-state index is 2.72. The summed E-state index contributed by atoms with van der Waals surface area (Å²) < 4.78 is 0. The van der Waals surface area contributed by atoms with Gasteiger partial charge in [-0.05, 0) is 91.8 Å². The van der Waals surface area contributed by atoms with E-state index in [1.807, 2.05) is 11.1 Å². The third-order valence-corrected chi connectivity index (χ3v) is 10.1. The monoisotopic (exact) mass is 370 g/mol. The molecule has 27 heavy (non-hydrogen) atoms. The molecule has 0 heteroatoms. The fourth-order valence-corrected chi connectivity index (χ4v) is 8.52. The zero-order valence-electron chi connectivity index (χ0n) is 19.1. The first-order valence-corrected chi connectivity index (χ1v) is 12.6. The van der Waals surface area contributed by atoms with Gasteiger partial charge in [-0.25, -0.2) is 0 Å². The van der Waals surface area contributed by atoms with Crippen molar-refractivity contribution < 1.29 is 0 Å². The Hall–Kier alpha value is -0.260. The molecule has 0 heterocycles. The van der Waals surface area contributed by atoms with Crippen molar-refractivity contribution in [2.24, 2.45) is 40.4 Å². The summed E-state index contributed by atoms with van der Waals surface area (Å²) in [4.78, 5) is 0. The first kappa shape index (κ1) is 20.0. The van der Waals surface area contributed by atoms with Gasteiger partial charge in [-0.1, -0.05) is 77.9 Å². The van der Waals surface area contributed by atoms with E-state index >= 15 is 0 Å². The van der Waals surface area contributed by atoms with Crippen LogP contribution in [0.25, 0.3) is 0 Å². The fraction of sp³-hybridized carbons (Fsp3) is 0.926. The van der Waals surface area contributed by atoms with Crippen LogP contribution in [-0.4, -0.2) is 0 Å². The Morgan fingerprint density at radius 1 is 0.889 bits per heavy atom. The highest BCUT2D eigenvalue weighted by molar-refractivity contribution is 5.34. The molecule has 4 aliphatic rings. The van der Waals surface area contributed by atoms with Gasteiger partial charge in [0.05, 0.1) is 0 Å². The molecule has 0 nitrogen and oxygen atoms in total. The van der Waals surface area contributed by atoms with Crippen LogP contribution in [0.3, 0.4) is 0 Å². The normalized spacial score (nSPS) is 42.7. The third-order valence-electron chi connectivity index (χ3n) is 10.1. The van der Waals surface area contributed by atoms with E-state index in [0.717, 1.165) is 29.6 Å². The highest BCUT2D eigenvalue weighted by Crippen LogP contribution is 2.65. The largest absolute Gasteiger partial charge is 0.0668 e. The molecule has 0 radical (unpaired) electrons. The smallest absolute Gasteiger partial charge is 0.00852 e. The molecule has 0 aromatic rings. The molecule has 0 amide bonds. The lowest BCUT2D eigenvalue weighted by molar-refractivity contribution is 0.0659. The molecule has 2 saturated carbocycles. The van der Waals surface area contributed by atoms with Gasteiger partial charge in [-0.2, -0.15) is 0 Å². The predicted octanol–water partition coefficient (Wildman–Crippen LogP) is 8.56. The number of rotatable bonds is 5. The Morgan fingerprint density at radius 2 is 1.70 bits per heavy atom. The zero-order valence-corrected chi connectivity index (χ0v) is 19.1. The number of hydrogen-bond donors (Lipinski definition) is 0. The minimum atomic E-state index is 0.591. The summed E-state index contributed by atoms with van der Waals surface area (Å²) in [6.07, 6.45) is 19.3. The van der Waals surface area contributed by atoms with Crippen LogP contribution in [-0.2, 0) is 0 Å². The van der Waals surface area contributed by atoms with E-state index in [9.17, 15) is 0 Å². The Kier molecular flexibility index (Phi) is 5.59. The van der Waals surface area contributed by atoms with E-state index < -0.39 is 0 Å². The van der Waals surface area contributed by atoms with Crippen molar-refractivity contribution in [3.8, 4) is 0 Å². The van der Waals surface area contributed by atoms with Crippen LogP contribution in [0.5, 0.6) is 0 Å². The van der Waals surface area contributed by atoms with Crippen LogP contribution in [0.4, 0.5) is 0 Å². The van der Waals surface area contributed by atoms with Crippen LogP contribution < -0.4 is 0 Å². The van der Waals surface area contributed by atoms with Gasteiger partial charge in [0.25, 0.3) is 0 Å². The Bertz CT molecular complexity index is 569. The second-order valence-corrected chi connectivity index (χ2v) is 11.9. The summed E-state index contributed by atoms with van der Waals surface area (Å²) in [5.41, 5.74) is 5.21. The summed E-state index contributed by atoms with van der Waals surface area (Å²) in [5.74, 6) is 4.75. The van der Waals surface area contributed by atoms with E-state index in [0.29, 0.717) is 10.8 Å². The summed E-state index contributed by atoms with van der Waals surface area (Å²) in [5, 5.41) is 0. The van der Waals surface area contributed by atoms with E-state index in [-0.39, 0.29) is 0 Å². The maximum atomic E-state index is 2.72. The van der Waals surface area contributed by atoms with Crippen LogP contribution >= 0.6 is 0 Å². The van der Waals surface area contributed by atoms with Crippen LogP contribution in [0, 0.1) is 40.4 Å². The molecule has 4 rings (SSSR count). The van der Waals surface area contributed by atoms with Gasteiger partial charge >= 0.3 is 0 Å². The Balaban J connectivity index is 1.53. The van der Waals surface area contributed by atoms with Gasteiger partial charge in [-0.3, -0.25) is 0 Å². The minimum absolute atomic E-state index is 0.591. The molecule has 154 valence electrons. The quantitative estimate of drug-likeness (QED) is 0.425. The Morgan fingerprint density at radius 3 is 2.48 bits per heavy atom. The van der Waals surface area contributed by atoms with E-state index in [1.165, 1.54) is 83.5 Å². The van der Waals surface area contributed by atoms with Gasteiger partial charge in [0.1, 0.15) is 0 Å². The SMILES string of the molecule is CC(C)CCCC(C)C1CCC2C3=C(CCC21C)C1(C)CCCCC1CC3. The van der Waals surface area contributed by atoms with Crippen molar-refractivity contribution in [2.45, 2.75) is 118 Å². The number of allylic oxidation sites excluding steroid dienone is 2. The molecule has 0 N–H and O–H groups in total. The molecule has 0 bridgehead atoms. The molecular weight excluding hydrogens is 324 g/mol. The molecule has 6 unspecified atom stereocenters. The second-order valence-electron chi connectivity index (χ2n) is 11.9. The van der Waals surface area contributed by atoms with E-state index in [4.69, 9.17) is 0 Å². The van der Waals surface area contributed by atoms with Crippen LogP contribution in [0.15, 0.2) is 11.1 Å². The summed E-state index contributed by atoms with van der Waals surface area (Å²) in [7, 11) is 0. The Labute approximate surface area is 170 Å². The number of hydrogen-bond acceptors (Lipinski definition) is 0. The molecular formula is C27H46. The zero-order chi connectivity index (χ0) is 19.2. The molecule has 0 aromatic heterocycles. The molecule has 0 saturated heterocycles. The van der Waals surface area contributed by atoms with Crippen molar-refractivity contribution in [2.75, 3.05) is 0 Å². The van der Waals surface area contributed by atoms with Crippen molar-refractivity contribution >= 4 is 0 Å². The third kappa shape index (κ3) is 3.36. The van der Waals surface area contributed by atoms with Gasteiger partial charge in [0.2, 0.25) is 0 Å². The average molecular weight is 371 g/mol. The first-order valence-electron chi connectivity index (χ1n) is 12.6. The lowest BCUT2D eigenvalue weighted by Gasteiger charge is -2.54. The fourth-order valence-electron chi connectivity index (χ4n) is 8.52. The van der Waals surface area contributed by atoms with E-state index in [2.05, 4.69) is 34.6 Å². The van der Waals surface area contributed by atoms with Crippen LogP contribution in [0.2, 0.25) is 0 Å². The van der Waals surface area contributed by atoms with E-state index in [1.54, 1.807) is 0 Å². The molecule has 6 atom stereocenters. The highest BCUT2D eigenvalue weighted by atomic mass is 14.6. The van der Waals surface area contributed by atoms with Crippen molar-refractivity contribution in [1.82, 2.24) is 0 Å². The lowest BCUT2D eigenvalue weighted by Crippen LogP contribution is -2.43. The van der Waals surface area contributed by atoms with Gasteiger partial charge < -0.3 is 0 Å². The maximum Gasteiger partial charge on any atom is -0.00852 e. The summed E-state index contributed by atoms with van der Waals surface area (Å²) in [6.45, 7) is 12.8. The number of fused-ring (bicyclic) bond motifs is 4. The molecule has 0 aromatic carbocycles. The van der Waals surface area contributed by atoms with Crippen molar-refractivity contribution in [3.05, 3.63) is 11.1 Å². The van der Waals surface area contributed by atoms with Gasteiger partial charge in [-0.15, -0.1) is 0 Å². The summed E-state index contributed by atoms with van der Waals surface area (Å²) in [6, 6.07) is 0. The summed E-state index contributed by atoms with van der Waals surface area (Å²) >= 11 is 0. The molecule has 0 aliphatic heterocycles. The average Bonchev–Trinajstić information content (AvgIpc) is 2.98. The standard InChI is InChI=1S/C27H46/c1-19(2)9-8-10-20(3)23-14-15-24-22-13-12-21-11-6-7-17-26(21,4)25(22)16-18-27(23,24)5/h19-21,23-24H,6-18H2,1-5H3. The minimum Gasteiger partial charge on any atom is -0.0668 e. The van der Waals surface area contributed by atoms with Crippen molar-refractivity contribution in [1.29, 1.82) is 0 Å². The van der Waals surface area contributed by atoms with Gasteiger partial charge in [0.15, 0.2) is 0 Å². The van der Waals surface area contributed by atoms with Crippen molar-refractivity contribution in [3.63, 3.8) is 0 Å².